The van der Waals surface area contributed by atoms with Crippen molar-refractivity contribution in [2.24, 2.45) is 5.73 Å². The minimum absolute atomic E-state index is 0.301. The van der Waals surface area contributed by atoms with Gasteiger partial charge in [-0.3, -0.25) is 4.79 Å². The first-order valence-electron chi connectivity index (χ1n) is 7.09. The fourth-order valence-corrected chi connectivity index (χ4v) is 2.34. The number of aromatic amines is 1. The molecule has 2 atom stereocenters. The average Bonchev–Trinajstić information content (AvgIpc) is 2.93. The molecule has 7 heteroatoms. The number of aliphatic hydroxyl groups is 1. The summed E-state index contributed by atoms with van der Waals surface area (Å²) in [7, 11) is 0. The Hall–Kier alpha value is -2.90. The van der Waals surface area contributed by atoms with E-state index in [0.29, 0.717) is 28.2 Å². The molecule has 0 fully saturated rings. The molecule has 0 aliphatic heterocycles. The van der Waals surface area contributed by atoms with Gasteiger partial charge in [0.15, 0.2) is 12.1 Å². The number of H-pyrrole nitrogens is 1. The van der Waals surface area contributed by atoms with Crippen LogP contribution in [0.1, 0.15) is 11.6 Å². The molecule has 7 N–H and O–H groups in total. The first-order chi connectivity index (χ1) is 11.0. The van der Waals surface area contributed by atoms with Crippen LogP contribution in [0, 0.1) is 0 Å². The standard InChI is InChI=1S/C16H17N5O2/c17-13(9-4-2-1-3-5-9)14(22)15(23)19-10-6-7-11-12(8-10)21-16(18)20-11/h1-8,13-14,22H,17H2,(H,19,23)(H3,18,20,21)/t13?,14-/m1/s1. The summed E-state index contributed by atoms with van der Waals surface area (Å²) in [5, 5.41) is 12.8. The summed E-state index contributed by atoms with van der Waals surface area (Å²) in [5.74, 6) is -0.275. The van der Waals surface area contributed by atoms with Gasteiger partial charge in [0.05, 0.1) is 17.1 Å². The number of nitrogens with one attached hydrogen (secondary N) is 2. The minimum atomic E-state index is -1.36. The number of imidazole rings is 1. The number of aromatic nitrogens is 2. The number of amides is 1. The molecular formula is C16H17N5O2. The van der Waals surface area contributed by atoms with E-state index in [-0.39, 0.29) is 0 Å². The monoisotopic (exact) mass is 311 g/mol. The molecule has 0 radical (unpaired) electrons. The molecule has 118 valence electrons. The maximum atomic E-state index is 12.2. The first-order valence-corrected chi connectivity index (χ1v) is 7.09. The van der Waals surface area contributed by atoms with E-state index in [1.165, 1.54) is 0 Å². The van der Waals surface area contributed by atoms with Crippen molar-refractivity contribution in [2.75, 3.05) is 11.1 Å². The van der Waals surface area contributed by atoms with Crippen molar-refractivity contribution in [1.82, 2.24) is 9.97 Å². The molecule has 0 aliphatic rings. The van der Waals surface area contributed by atoms with Crippen molar-refractivity contribution in [3.63, 3.8) is 0 Å². The Morgan fingerprint density at radius 2 is 1.96 bits per heavy atom. The smallest absolute Gasteiger partial charge is 0.255 e. The van der Waals surface area contributed by atoms with E-state index < -0.39 is 18.1 Å². The molecule has 0 spiro atoms. The summed E-state index contributed by atoms with van der Waals surface area (Å²) in [6.07, 6.45) is -1.36. The number of benzene rings is 2. The molecule has 0 saturated heterocycles. The number of aliphatic hydroxyl groups excluding tert-OH is 1. The fourth-order valence-electron chi connectivity index (χ4n) is 2.34. The Balaban J connectivity index is 1.74. The van der Waals surface area contributed by atoms with Crippen molar-refractivity contribution < 1.29 is 9.90 Å². The molecule has 3 rings (SSSR count). The van der Waals surface area contributed by atoms with Gasteiger partial charge in [0.25, 0.3) is 5.91 Å². The van der Waals surface area contributed by atoms with Gasteiger partial charge in [0.2, 0.25) is 0 Å². The Morgan fingerprint density at radius 3 is 2.70 bits per heavy atom. The molecule has 1 unspecified atom stereocenters. The summed E-state index contributed by atoms with van der Waals surface area (Å²) in [6, 6.07) is 13.3. The highest BCUT2D eigenvalue weighted by molar-refractivity contribution is 5.96. The van der Waals surface area contributed by atoms with Gasteiger partial charge in [-0.15, -0.1) is 0 Å². The highest BCUT2D eigenvalue weighted by atomic mass is 16.3. The van der Waals surface area contributed by atoms with Crippen LogP contribution in [0.3, 0.4) is 0 Å². The van der Waals surface area contributed by atoms with E-state index in [1.54, 1.807) is 42.5 Å². The largest absolute Gasteiger partial charge is 0.381 e. The maximum Gasteiger partial charge on any atom is 0.255 e. The zero-order valence-electron chi connectivity index (χ0n) is 12.2. The van der Waals surface area contributed by atoms with Gasteiger partial charge in [-0.1, -0.05) is 30.3 Å². The highest BCUT2D eigenvalue weighted by Gasteiger charge is 2.24. The third-order valence-electron chi connectivity index (χ3n) is 3.56. The molecule has 3 aromatic rings. The molecule has 7 nitrogen and oxygen atoms in total. The summed E-state index contributed by atoms with van der Waals surface area (Å²) in [5.41, 5.74) is 14.1. The van der Waals surface area contributed by atoms with Crippen LogP contribution in [0.4, 0.5) is 11.6 Å². The van der Waals surface area contributed by atoms with Crippen LogP contribution in [0.2, 0.25) is 0 Å². The predicted molar refractivity (Wildman–Crippen MR) is 88.5 cm³/mol. The third-order valence-corrected chi connectivity index (χ3v) is 3.56. The normalized spacial score (nSPS) is 13.7. The molecule has 0 aliphatic carbocycles. The van der Waals surface area contributed by atoms with Gasteiger partial charge in [-0.2, -0.15) is 0 Å². The minimum Gasteiger partial charge on any atom is -0.381 e. The Labute approximate surface area is 132 Å². The number of hydrogen-bond acceptors (Lipinski definition) is 5. The zero-order chi connectivity index (χ0) is 16.4. The quantitative estimate of drug-likeness (QED) is 0.493. The molecule has 23 heavy (non-hydrogen) atoms. The molecular weight excluding hydrogens is 294 g/mol. The summed E-state index contributed by atoms with van der Waals surface area (Å²) < 4.78 is 0. The first kappa shape index (κ1) is 15.0. The van der Waals surface area contributed by atoms with Crippen LogP contribution in [0.25, 0.3) is 11.0 Å². The van der Waals surface area contributed by atoms with Crippen LogP contribution in [0.5, 0.6) is 0 Å². The van der Waals surface area contributed by atoms with E-state index >= 15 is 0 Å². The molecule has 1 amide bonds. The number of carbonyl (C=O) groups excluding carboxylic acids is 1. The number of nitrogen functional groups attached to an aromatic ring is 1. The SMILES string of the molecule is Nc1nc2ccc(NC(=O)[C@H](O)C(N)c3ccccc3)cc2[nH]1. The number of fused-ring (bicyclic) bond motifs is 1. The maximum absolute atomic E-state index is 12.2. The highest BCUT2D eigenvalue weighted by Crippen LogP contribution is 2.20. The number of hydrogen-bond donors (Lipinski definition) is 5. The lowest BCUT2D eigenvalue weighted by Gasteiger charge is -2.18. The summed E-state index contributed by atoms with van der Waals surface area (Å²) in [6.45, 7) is 0. The van der Waals surface area contributed by atoms with Crippen LogP contribution < -0.4 is 16.8 Å². The lowest BCUT2D eigenvalue weighted by molar-refractivity contribution is -0.125. The topological polar surface area (TPSA) is 130 Å². The predicted octanol–water partition coefficient (Wildman–Crippen LogP) is 1.14. The van der Waals surface area contributed by atoms with Crippen molar-refractivity contribution in [1.29, 1.82) is 0 Å². The summed E-state index contributed by atoms with van der Waals surface area (Å²) >= 11 is 0. The Bertz CT molecular complexity index is 831. The summed E-state index contributed by atoms with van der Waals surface area (Å²) in [4.78, 5) is 19.1. The molecule has 2 aromatic carbocycles. The number of rotatable bonds is 4. The number of nitrogens with zero attached hydrogens (tertiary/aromatic N) is 1. The van der Waals surface area contributed by atoms with Crippen LogP contribution in [-0.4, -0.2) is 27.1 Å². The second-order valence-corrected chi connectivity index (χ2v) is 5.22. The van der Waals surface area contributed by atoms with Crippen molar-refractivity contribution in [3.05, 3.63) is 54.1 Å². The van der Waals surface area contributed by atoms with Crippen molar-refractivity contribution in [2.45, 2.75) is 12.1 Å². The lowest BCUT2D eigenvalue weighted by Crippen LogP contribution is -2.37. The van der Waals surface area contributed by atoms with E-state index in [2.05, 4.69) is 15.3 Å². The van der Waals surface area contributed by atoms with Gasteiger partial charge in [0, 0.05) is 5.69 Å². The van der Waals surface area contributed by atoms with Crippen molar-refractivity contribution in [3.8, 4) is 0 Å². The van der Waals surface area contributed by atoms with E-state index in [9.17, 15) is 9.90 Å². The molecule has 0 saturated carbocycles. The van der Waals surface area contributed by atoms with Gasteiger partial charge >= 0.3 is 0 Å². The lowest BCUT2D eigenvalue weighted by atomic mass is 10.0. The number of anilines is 2. The van der Waals surface area contributed by atoms with Crippen LogP contribution >= 0.6 is 0 Å². The Morgan fingerprint density at radius 1 is 1.22 bits per heavy atom. The van der Waals surface area contributed by atoms with E-state index in [4.69, 9.17) is 11.5 Å². The van der Waals surface area contributed by atoms with Crippen LogP contribution in [-0.2, 0) is 4.79 Å². The van der Waals surface area contributed by atoms with Gasteiger partial charge < -0.3 is 26.9 Å². The number of carbonyl (C=O) groups is 1. The fraction of sp³-hybridized carbons (Fsp3) is 0.125. The third kappa shape index (κ3) is 3.15. The number of nitrogens with two attached hydrogens (primary N) is 2. The second kappa shape index (κ2) is 6.07. The van der Waals surface area contributed by atoms with Crippen molar-refractivity contribution >= 4 is 28.6 Å². The van der Waals surface area contributed by atoms with Gasteiger partial charge in [-0.25, -0.2) is 4.98 Å². The van der Waals surface area contributed by atoms with E-state index in [0.717, 1.165) is 0 Å². The van der Waals surface area contributed by atoms with Gasteiger partial charge in [-0.05, 0) is 23.8 Å². The average molecular weight is 311 g/mol. The van der Waals surface area contributed by atoms with Gasteiger partial charge in [0.1, 0.15) is 0 Å². The molecule has 0 bridgehead atoms. The van der Waals surface area contributed by atoms with Crippen LogP contribution in [0.15, 0.2) is 48.5 Å². The van der Waals surface area contributed by atoms with E-state index in [1.807, 2.05) is 6.07 Å². The zero-order valence-corrected chi connectivity index (χ0v) is 12.2. The second-order valence-electron chi connectivity index (χ2n) is 5.22. The Kier molecular flexibility index (Phi) is 3.96. The molecule has 1 aromatic heterocycles. The molecule has 1 heterocycles.